The fourth-order valence-corrected chi connectivity index (χ4v) is 14.8. The summed E-state index contributed by atoms with van der Waals surface area (Å²) >= 11 is 0. The second-order valence-corrected chi connectivity index (χ2v) is 21.4. The molecule has 10 aromatic rings. The van der Waals surface area contributed by atoms with Gasteiger partial charge in [-0.3, -0.25) is 4.57 Å². The Labute approximate surface area is 371 Å². The standard InChI is InChI=1S/C58H48N4Si/c1-58(2,3)61-41-60(54-32-17-18-33-55(54)61)44-22-19-27-47(39-44)63(45-23-9-5-10-24-45,46-25-11-6-12-26-46)48-34-35-52-51-30-15-16-31-53(51)62(56(52)40-48)57-38-43(36-37-59-57)50-29-14-13-28-49(50)42-20-7-4-8-21-42/h4-40H,41H2,1-3H3. The maximum absolute atomic E-state index is 5.14. The quantitative estimate of drug-likeness (QED) is 0.113. The van der Waals surface area contributed by atoms with Gasteiger partial charge in [0.05, 0.1) is 29.1 Å². The third-order valence-corrected chi connectivity index (χ3v) is 17.7. The predicted molar refractivity (Wildman–Crippen MR) is 269 cm³/mol. The van der Waals surface area contributed by atoms with Gasteiger partial charge in [0.1, 0.15) is 5.82 Å². The van der Waals surface area contributed by atoms with Crippen molar-refractivity contribution in [1.82, 2.24) is 9.55 Å². The number of para-hydroxylation sites is 3. The van der Waals surface area contributed by atoms with Crippen molar-refractivity contribution < 1.29 is 0 Å². The van der Waals surface area contributed by atoms with Crippen LogP contribution in [0.5, 0.6) is 0 Å². The van der Waals surface area contributed by atoms with Gasteiger partial charge in [0.25, 0.3) is 0 Å². The first-order valence-corrected chi connectivity index (χ1v) is 23.9. The normalized spacial score (nSPS) is 12.9. The Morgan fingerprint density at radius 1 is 0.444 bits per heavy atom. The molecule has 0 N–H and O–H groups in total. The molecule has 63 heavy (non-hydrogen) atoms. The Morgan fingerprint density at radius 2 is 1.02 bits per heavy atom. The minimum Gasteiger partial charge on any atom is -0.347 e. The van der Waals surface area contributed by atoms with Crippen LogP contribution in [0.3, 0.4) is 0 Å². The summed E-state index contributed by atoms with van der Waals surface area (Å²) in [5, 5.41) is 7.75. The number of benzene rings is 8. The van der Waals surface area contributed by atoms with Crippen LogP contribution in [0, 0.1) is 0 Å². The van der Waals surface area contributed by atoms with Crippen LogP contribution in [0.4, 0.5) is 17.1 Å². The van der Waals surface area contributed by atoms with Crippen molar-refractivity contribution in [2.75, 3.05) is 16.5 Å². The molecule has 0 aliphatic carbocycles. The second-order valence-electron chi connectivity index (χ2n) is 17.6. The zero-order valence-electron chi connectivity index (χ0n) is 35.9. The van der Waals surface area contributed by atoms with Gasteiger partial charge in [-0.1, -0.05) is 170 Å². The van der Waals surface area contributed by atoms with Gasteiger partial charge >= 0.3 is 0 Å². The fraction of sp³-hybridized carbons (Fsp3) is 0.0862. The molecule has 0 saturated heterocycles. The zero-order chi connectivity index (χ0) is 42.5. The van der Waals surface area contributed by atoms with Crippen molar-refractivity contribution in [3.63, 3.8) is 0 Å². The number of aromatic nitrogens is 2. The predicted octanol–water partition coefficient (Wildman–Crippen LogP) is 11.6. The molecule has 0 fully saturated rings. The molecule has 0 bridgehead atoms. The molecule has 304 valence electrons. The van der Waals surface area contributed by atoms with Crippen LogP contribution in [0.1, 0.15) is 20.8 Å². The number of fused-ring (bicyclic) bond motifs is 4. The molecule has 0 saturated carbocycles. The highest BCUT2D eigenvalue weighted by atomic mass is 28.3. The molecular formula is C58H48N4Si. The first-order chi connectivity index (χ1) is 30.9. The number of nitrogens with zero attached hydrogens (tertiary/aromatic N) is 4. The summed E-state index contributed by atoms with van der Waals surface area (Å²) in [5.74, 6) is 0.892. The van der Waals surface area contributed by atoms with Crippen molar-refractivity contribution in [3.05, 3.63) is 225 Å². The molecular weight excluding hydrogens is 781 g/mol. The van der Waals surface area contributed by atoms with Crippen LogP contribution in [0.15, 0.2) is 225 Å². The van der Waals surface area contributed by atoms with E-state index in [2.05, 4.69) is 254 Å². The van der Waals surface area contributed by atoms with Gasteiger partial charge in [0, 0.05) is 28.2 Å². The summed E-state index contributed by atoms with van der Waals surface area (Å²) in [5.41, 5.74) is 10.6. The molecule has 0 unspecified atom stereocenters. The molecule has 0 amide bonds. The largest absolute Gasteiger partial charge is 0.347 e. The van der Waals surface area contributed by atoms with Gasteiger partial charge in [0.2, 0.25) is 0 Å². The number of rotatable bonds is 8. The smallest absolute Gasteiger partial charge is 0.179 e. The van der Waals surface area contributed by atoms with E-state index < -0.39 is 8.07 Å². The Bertz CT molecular complexity index is 3220. The van der Waals surface area contributed by atoms with Gasteiger partial charge in [-0.15, -0.1) is 0 Å². The average Bonchev–Trinajstić information content (AvgIpc) is 3.90. The minimum atomic E-state index is -3.00. The topological polar surface area (TPSA) is 24.3 Å². The SMILES string of the molecule is CC(C)(C)N1CN(c2cccc([Si](c3ccccc3)(c3ccccc3)c3ccc4c5ccccc5n(-c5cc(-c6ccccc6-c6ccccc6)ccn5)c4c3)c2)c2ccccc21. The zero-order valence-corrected chi connectivity index (χ0v) is 36.9. The summed E-state index contributed by atoms with van der Waals surface area (Å²) in [7, 11) is -3.00. The van der Waals surface area contributed by atoms with Crippen LogP contribution in [-0.4, -0.2) is 29.8 Å². The number of hydrogen-bond donors (Lipinski definition) is 0. The first kappa shape index (κ1) is 38.4. The highest BCUT2D eigenvalue weighted by molar-refractivity contribution is 7.20. The van der Waals surface area contributed by atoms with Crippen molar-refractivity contribution in [3.8, 4) is 28.1 Å². The lowest BCUT2D eigenvalue weighted by Gasteiger charge is -2.36. The lowest BCUT2D eigenvalue weighted by Crippen LogP contribution is -2.74. The summed E-state index contributed by atoms with van der Waals surface area (Å²) in [6.07, 6.45) is 1.96. The van der Waals surface area contributed by atoms with Gasteiger partial charge < -0.3 is 9.80 Å². The van der Waals surface area contributed by atoms with Crippen molar-refractivity contribution in [1.29, 1.82) is 0 Å². The van der Waals surface area contributed by atoms with Crippen LogP contribution in [0.25, 0.3) is 49.9 Å². The molecule has 4 nitrogen and oxygen atoms in total. The fourth-order valence-electron chi connectivity index (χ4n) is 10.1. The first-order valence-electron chi connectivity index (χ1n) is 21.9. The van der Waals surface area contributed by atoms with E-state index in [1.54, 1.807) is 0 Å². The highest BCUT2D eigenvalue weighted by Gasteiger charge is 2.43. The van der Waals surface area contributed by atoms with Crippen LogP contribution < -0.4 is 30.5 Å². The Kier molecular flexibility index (Phi) is 9.43. The monoisotopic (exact) mass is 828 g/mol. The van der Waals surface area contributed by atoms with Crippen molar-refractivity contribution in [2.24, 2.45) is 0 Å². The molecule has 0 radical (unpaired) electrons. The van der Waals surface area contributed by atoms with E-state index >= 15 is 0 Å². The summed E-state index contributed by atoms with van der Waals surface area (Å²) in [4.78, 5) is 10.2. The summed E-state index contributed by atoms with van der Waals surface area (Å²) < 4.78 is 2.39. The van der Waals surface area contributed by atoms with E-state index in [0.717, 1.165) is 29.1 Å². The average molecular weight is 829 g/mol. The van der Waals surface area contributed by atoms with Gasteiger partial charge in [0.15, 0.2) is 8.07 Å². The third kappa shape index (κ3) is 6.47. The third-order valence-electron chi connectivity index (χ3n) is 13.0. The lowest BCUT2D eigenvalue weighted by atomic mass is 9.95. The second kappa shape index (κ2) is 15.5. The molecule has 0 spiro atoms. The van der Waals surface area contributed by atoms with Gasteiger partial charge in [-0.25, -0.2) is 4.98 Å². The van der Waals surface area contributed by atoms with Crippen molar-refractivity contribution in [2.45, 2.75) is 26.3 Å². The van der Waals surface area contributed by atoms with Crippen LogP contribution in [-0.2, 0) is 0 Å². The molecule has 8 aromatic carbocycles. The van der Waals surface area contributed by atoms with E-state index in [1.165, 1.54) is 65.3 Å². The molecule has 0 atom stereocenters. The highest BCUT2D eigenvalue weighted by Crippen LogP contribution is 2.43. The maximum atomic E-state index is 5.14. The van der Waals surface area contributed by atoms with E-state index in [9.17, 15) is 0 Å². The number of anilines is 3. The maximum Gasteiger partial charge on any atom is 0.179 e. The summed E-state index contributed by atoms with van der Waals surface area (Å²) in [6, 6.07) is 80.6. The van der Waals surface area contributed by atoms with Gasteiger partial charge in [-0.2, -0.15) is 0 Å². The van der Waals surface area contributed by atoms with E-state index in [4.69, 9.17) is 4.98 Å². The lowest BCUT2D eigenvalue weighted by molar-refractivity contribution is 0.518. The van der Waals surface area contributed by atoms with E-state index in [1.807, 2.05) is 6.20 Å². The molecule has 5 heteroatoms. The van der Waals surface area contributed by atoms with Crippen LogP contribution >= 0.6 is 0 Å². The summed E-state index contributed by atoms with van der Waals surface area (Å²) in [6.45, 7) is 7.69. The molecule has 1 aliphatic heterocycles. The molecule has 11 rings (SSSR count). The molecule has 3 heterocycles. The molecule has 2 aromatic heterocycles. The van der Waals surface area contributed by atoms with E-state index in [-0.39, 0.29) is 5.54 Å². The minimum absolute atomic E-state index is 0.0391. The Hall–Kier alpha value is -7.47. The van der Waals surface area contributed by atoms with Crippen molar-refractivity contribution >= 4 is 67.7 Å². The Morgan fingerprint density at radius 3 is 1.73 bits per heavy atom. The Balaban J connectivity index is 1.15. The molecule has 1 aliphatic rings. The van der Waals surface area contributed by atoms with Gasteiger partial charge in [-0.05, 0) is 112 Å². The van der Waals surface area contributed by atoms with E-state index in [0.29, 0.717) is 0 Å². The number of hydrogen-bond acceptors (Lipinski definition) is 3. The number of pyridine rings is 1. The van der Waals surface area contributed by atoms with Crippen LogP contribution in [0.2, 0.25) is 0 Å².